The maximum absolute atomic E-state index is 13.3. The monoisotopic (exact) mass is 402 g/mol. The summed E-state index contributed by atoms with van der Waals surface area (Å²) in [5.41, 5.74) is 3.38. The molecule has 3 aliphatic rings. The third-order valence-electron chi connectivity index (χ3n) is 6.48. The lowest BCUT2D eigenvalue weighted by atomic mass is 9.73. The second kappa shape index (κ2) is 7.27. The molecule has 154 valence electrons. The van der Waals surface area contributed by atoms with Crippen molar-refractivity contribution in [3.05, 3.63) is 65.2 Å². The Morgan fingerprint density at radius 2 is 2.00 bits per heavy atom. The molecule has 6 nitrogen and oxygen atoms in total. The lowest BCUT2D eigenvalue weighted by Crippen LogP contribution is -2.47. The highest BCUT2D eigenvalue weighted by atomic mass is 16.4. The quantitative estimate of drug-likeness (QED) is 0.777. The van der Waals surface area contributed by atoms with Gasteiger partial charge in [-0.3, -0.25) is 10.1 Å². The van der Waals surface area contributed by atoms with Gasteiger partial charge in [0.1, 0.15) is 11.5 Å². The van der Waals surface area contributed by atoms with E-state index < -0.39 is 5.54 Å². The lowest BCUT2D eigenvalue weighted by molar-refractivity contribution is -0.117. The standard InChI is InChI=1S/C24H26N4O2/c1-3-18-15(2)30-23(26-18)27-22-25-19-13-17(16-9-5-4-6-10-16)14-20(29)21(19)24(28-22)11-7-8-12-24/h3-6,9-10,17H,1,7-8,11-14H2,2H3,(H2,25,26,27,28). The number of ketones is 1. The molecule has 2 heterocycles. The van der Waals surface area contributed by atoms with Crippen LogP contribution >= 0.6 is 0 Å². The van der Waals surface area contributed by atoms with E-state index in [1.54, 1.807) is 6.08 Å². The van der Waals surface area contributed by atoms with Crippen LogP contribution in [0.1, 0.15) is 61.5 Å². The van der Waals surface area contributed by atoms with E-state index in [1.165, 1.54) is 5.56 Å². The van der Waals surface area contributed by atoms with Crippen LogP contribution in [0, 0.1) is 6.92 Å². The molecule has 0 amide bonds. The van der Waals surface area contributed by atoms with Crippen LogP contribution in [-0.2, 0) is 4.79 Å². The van der Waals surface area contributed by atoms with Crippen LogP contribution < -0.4 is 10.6 Å². The molecule has 1 aromatic heterocycles. The number of aliphatic imine (C=N–C) groups is 1. The summed E-state index contributed by atoms with van der Waals surface area (Å²) in [7, 11) is 0. The summed E-state index contributed by atoms with van der Waals surface area (Å²) in [4.78, 5) is 22.7. The number of oxazole rings is 1. The van der Waals surface area contributed by atoms with Crippen molar-refractivity contribution in [2.75, 3.05) is 5.32 Å². The second-order valence-corrected chi connectivity index (χ2v) is 8.41. The molecule has 1 spiro atoms. The van der Waals surface area contributed by atoms with E-state index in [4.69, 9.17) is 9.41 Å². The van der Waals surface area contributed by atoms with Crippen LogP contribution in [0.5, 0.6) is 0 Å². The van der Waals surface area contributed by atoms with Gasteiger partial charge in [0, 0.05) is 17.7 Å². The molecule has 2 aromatic rings. The summed E-state index contributed by atoms with van der Waals surface area (Å²) in [5.74, 6) is 1.72. The van der Waals surface area contributed by atoms with E-state index in [-0.39, 0.29) is 11.7 Å². The molecule has 0 radical (unpaired) electrons. The third-order valence-corrected chi connectivity index (χ3v) is 6.48. The molecule has 6 heteroatoms. The maximum Gasteiger partial charge on any atom is 0.302 e. The molecule has 2 N–H and O–H groups in total. The van der Waals surface area contributed by atoms with Gasteiger partial charge in [0.15, 0.2) is 5.78 Å². The van der Waals surface area contributed by atoms with Crippen molar-refractivity contribution in [1.82, 2.24) is 10.3 Å². The van der Waals surface area contributed by atoms with Crippen LogP contribution in [0.2, 0.25) is 0 Å². The first-order chi connectivity index (χ1) is 14.6. The Balaban J connectivity index is 1.48. The summed E-state index contributed by atoms with van der Waals surface area (Å²) >= 11 is 0. The van der Waals surface area contributed by atoms with Gasteiger partial charge in [0.2, 0.25) is 5.96 Å². The highest BCUT2D eigenvalue weighted by Gasteiger charge is 2.47. The van der Waals surface area contributed by atoms with Gasteiger partial charge in [-0.15, -0.1) is 0 Å². The average molecular weight is 402 g/mol. The van der Waals surface area contributed by atoms with Crippen molar-refractivity contribution in [3.8, 4) is 0 Å². The Labute approximate surface area is 176 Å². The number of hydrogen-bond donors (Lipinski definition) is 2. The molecule has 5 rings (SSSR count). The van der Waals surface area contributed by atoms with Crippen LogP contribution in [0.15, 0.2) is 57.6 Å². The number of nitrogens with one attached hydrogen (secondary N) is 2. The number of allylic oxidation sites excluding steroid dienone is 1. The van der Waals surface area contributed by atoms with Crippen molar-refractivity contribution in [3.63, 3.8) is 0 Å². The molecule has 1 saturated carbocycles. The first-order valence-electron chi connectivity index (χ1n) is 10.6. The predicted octanol–water partition coefficient (Wildman–Crippen LogP) is 4.71. The van der Waals surface area contributed by atoms with Crippen molar-refractivity contribution in [2.24, 2.45) is 4.99 Å². The van der Waals surface area contributed by atoms with Crippen LogP contribution in [0.4, 0.5) is 6.01 Å². The Morgan fingerprint density at radius 3 is 2.70 bits per heavy atom. The first kappa shape index (κ1) is 18.9. The molecule has 30 heavy (non-hydrogen) atoms. The Bertz CT molecular complexity index is 1060. The summed E-state index contributed by atoms with van der Waals surface area (Å²) in [6.45, 7) is 5.62. The molecule has 0 saturated heterocycles. The van der Waals surface area contributed by atoms with Crippen LogP contribution in [0.25, 0.3) is 6.08 Å². The van der Waals surface area contributed by atoms with Crippen molar-refractivity contribution < 1.29 is 9.21 Å². The number of benzene rings is 1. The van der Waals surface area contributed by atoms with Gasteiger partial charge in [-0.25, -0.2) is 4.99 Å². The van der Waals surface area contributed by atoms with Gasteiger partial charge in [-0.1, -0.05) is 49.8 Å². The zero-order valence-electron chi connectivity index (χ0n) is 17.2. The fourth-order valence-electron chi connectivity index (χ4n) is 5.10. The molecular weight excluding hydrogens is 376 g/mol. The Kier molecular flexibility index (Phi) is 4.57. The number of Topliss-reactive ketones (excluding diaryl/α,β-unsaturated/α-hetero) is 1. The number of carbonyl (C=O) groups excluding carboxylic acids is 1. The van der Waals surface area contributed by atoms with E-state index in [2.05, 4.69) is 34.3 Å². The first-order valence-corrected chi connectivity index (χ1v) is 10.6. The highest BCUT2D eigenvalue weighted by molar-refractivity contribution is 6.04. The molecule has 0 bridgehead atoms. The smallest absolute Gasteiger partial charge is 0.302 e. The summed E-state index contributed by atoms with van der Waals surface area (Å²) in [6, 6.07) is 10.7. The molecule has 1 atom stereocenters. The van der Waals surface area contributed by atoms with Gasteiger partial charge in [0.05, 0.1) is 5.54 Å². The summed E-state index contributed by atoms with van der Waals surface area (Å²) in [5, 5.41) is 6.60. The minimum absolute atomic E-state index is 0.180. The van der Waals surface area contributed by atoms with Crippen LogP contribution in [-0.4, -0.2) is 22.3 Å². The zero-order valence-corrected chi connectivity index (χ0v) is 17.2. The molecule has 2 aliphatic carbocycles. The topological polar surface area (TPSA) is 79.5 Å². The van der Waals surface area contributed by atoms with Crippen molar-refractivity contribution >= 4 is 23.8 Å². The number of nitrogens with zero attached hydrogens (tertiary/aromatic N) is 2. The number of aromatic nitrogens is 1. The maximum atomic E-state index is 13.3. The summed E-state index contributed by atoms with van der Waals surface area (Å²) < 4.78 is 5.71. The van der Waals surface area contributed by atoms with Gasteiger partial charge >= 0.3 is 6.01 Å². The van der Waals surface area contributed by atoms with Gasteiger partial charge in [-0.05, 0) is 43.7 Å². The summed E-state index contributed by atoms with van der Waals surface area (Å²) in [6.07, 6.45) is 7.00. The number of carbonyl (C=O) groups is 1. The van der Waals surface area contributed by atoms with Gasteiger partial charge in [-0.2, -0.15) is 4.98 Å². The Morgan fingerprint density at radius 1 is 1.23 bits per heavy atom. The minimum Gasteiger partial charge on any atom is -0.428 e. The normalized spacial score (nSPS) is 22.5. The van der Waals surface area contributed by atoms with E-state index in [9.17, 15) is 4.79 Å². The van der Waals surface area contributed by atoms with E-state index in [0.717, 1.165) is 43.4 Å². The average Bonchev–Trinajstić information content (AvgIpc) is 3.34. The zero-order chi connectivity index (χ0) is 20.7. The number of hydrogen-bond acceptors (Lipinski definition) is 6. The lowest BCUT2D eigenvalue weighted by Gasteiger charge is -2.39. The fourth-order valence-corrected chi connectivity index (χ4v) is 5.10. The largest absolute Gasteiger partial charge is 0.428 e. The number of aryl methyl sites for hydroxylation is 1. The van der Waals surface area contributed by atoms with Crippen molar-refractivity contribution in [1.29, 1.82) is 0 Å². The number of rotatable bonds is 3. The molecule has 1 fully saturated rings. The minimum atomic E-state index is -0.426. The third kappa shape index (κ3) is 3.16. The van der Waals surface area contributed by atoms with Gasteiger partial charge in [0.25, 0.3) is 0 Å². The van der Waals surface area contributed by atoms with Crippen LogP contribution in [0.3, 0.4) is 0 Å². The van der Waals surface area contributed by atoms with Crippen molar-refractivity contribution in [2.45, 2.75) is 56.9 Å². The molecule has 1 aromatic carbocycles. The number of fused-ring (bicyclic) bond motifs is 1. The fraction of sp³-hybridized carbons (Fsp3) is 0.375. The predicted molar refractivity (Wildman–Crippen MR) is 117 cm³/mol. The van der Waals surface area contributed by atoms with E-state index >= 15 is 0 Å². The number of guanidine groups is 1. The van der Waals surface area contributed by atoms with E-state index in [1.807, 2.05) is 25.1 Å². The molecule has 1 aliphatic heterocycles. The Hall–Kier alpha value is -3.15. The highest BCUT2D eigenvalue weighted by Crippen LogP contribution is 2.47. The van der Waals surface area contributed by atoms with E-state index in [0.29, 0.717) is 29.8 Å². The molecular formula is C24H26N4O2. The second-order valence-electron chi connectivity index (χ2n) is 8.41. The SMILES string of the molecule is C=Cc1nc(NC2=NC3(CCCC3)C3=C(CC(c4ccccc4)CC3=O)N2)oc1C. The van der Waals surface area contributed by atoms with Gasteiger partial charge < -0.3 is 9.73 Å². The molecule has 1 unspecified atom stereocenters. The number of anilines is 1.